The lowest BCUT2D eigenvalue weighted by molar-refractivity contribution is -0.123. The van der Waals surface area contributed by atoms with E-state index in [4.69, 9.17) is 0 Å². The van der Waals surface area contributed by atoms with E-state index in [0.29, 0.717) is 12.2 Å². The minimum atomic E-state index is -0.443. The highest BCUT2D eigenvalue weighted by molar-refractivity contribution is 7.10. The van der Waals surface area contributed by atoms with E-state index < -0.39 is 6.04 Å². The molecule has 0 radical (unpaired) electrons. The van der Waals surface area contributed by atoms with Crippen molar-refractivity contribution >= 4 is 45.4 Å². The first-order valence-electron chi connectivity index (χ1n) is 10.6. The van der Waals surface area contributed by atoms with Gasteiger partial charge >= 0.3 is 0 Å². The van der Waals surface area contributed by atoms with Crippen LogP contribution in [-0.4, -0.2) is 35.9 Å². The van der Waals surface area contributed by atoms with Crippen molar-refractivity contribution in [2.45, 2.75) is 18.9 Å². The second-order valence-electron chi connectivity index (χ2n) is 7.98. The Morgan fingerprint density at radius 1 is 1.12 bits per heavy atom. The first-order valence-corrected chi connectivity index (χ1v) is 11.5. The molecule has 2 unspecified atom stereocenters. The Balaban J connectivity index is 1.37. The van der Waals surface area contributed by atoms with E-state index in [1.165, 1.54) is 15.8 Å². The van der Waals surface area contributed by atoms with Crippen LogP contribution in [0.3, 0.4) is 0 Å². The quantitative estimate of drug-likeness (QED) is 0.414. The number of hydrogen-bond acceptors (Lipinski definition) is 4. The van der Waals surface area contributed by atoms with Gasteiger partial charge in [0.2, 0.25) is 11.8 Å². The van der Waals surface area contributed by atoms with Crippen LogP contribution in [0.2, 0.25) is 0 Å². The molecule has 32 heavy (non-hydrogen) atoms. The van der Waals surface area contributed by atoms with Crippen molar-refractivity contribution in [3.8, 4) is 0 Å². The van der Waals surface area contributed by atoms with Crippen LogP contribution >= 0.6 is 11.3 Å². The summed E-state index contributed by atoms with van der Waals surface area (Å²) in [5.41, 5.74) is 3.71. The smallest absolute Gasteiger partial charge is 0.244 e. The largest absolute Gasteiger partial charge is 0.361 e. The third kappa shape index (κ3) is 3.81. The van der Waals surface area contributed by atoms with Crippen molar-refractivity contribution in [1.29, 1.82) is 0 Å². The Labute approximate surface area is 190 Å². The molecule has 1 aliphatic rings. The van der Waals surface area contributed by atoms with Gasteiger partial charge in [0.1, 0.15) is 6.54 Å². The third-order valence-electron chi connectivity index (χ3n) is 5.92. The van der Waals surface area contributed by atoms with Gasteiger partial charge in [0.05, 0.1) is 17.4 Å². The van der Waals surface area contributed by atoms with Crippen LogP contribution in [-0.2, 0) is 9.59 Å². The summed E-state index contributed by atoms with van der Waals surface area (Å²) < 4.78 is 0. The van der Waals surface area contributed by atoms with Crippen molar-refractivity contribution < 1.29 is 9.59 Å². The molecule has 2 amide bonds. The van der Waals surface area contributed by atoms with E-state index in [2.05, 4.69) is 51.5 Å². The van der Waals surface area contributed by atoms with Gasteiger partial charge in [-0.15, -0.1) is 11.3 Å². The average Bonchev–Trinajstić information content (AvgIpc) is 3.49. The Morgan fingerprint density at radius 3 is 2.78 bits per heavy atom. The number of nitrogens with zero attached hydrogens (tertiary/aromatic N) is 1. The van der Waals surface area contributed by atoms with Gasteiger partial charge in [-0.3, -0.25) is 14.5 Å². The fourth-order valence-electron chi connectivity index (χ4n) is 4.28. The van der Waals surface area contributed by atoms with Gasteiger partial charge < -0.3 is 15.6 Å². The molecular weight excluding hydrogens is 420 g/mol. The van der Waals surface area contributed by atoms with Gasteiger partial charge in [-0.05, 0) is 42.1 Å². The number of rotatable bonds is 6. The molecule has 0 saturated carbocycles. The van der Waals surface area contributed by atoms with E-state index in [1.54, 1.807) is 16.2 Å². The average molecular weight is 445 g/mol. The van der Waals surface area contributed by atoms with Crippen LogP contribution in [0.5, 0.6) is 0 Å². The van der Waals surface area contributed by atoms with Gasteiger partial charge in [0.15, 0.2) is 0 Å². The number of thiophene rings is 1. The molecule has 162 valence electrons. The molecule has 6 nitrogen and oxygen atoms in total. The number of H-pyrrole nitrogens is 1. The van der Waals surface area contributed by atoms with Gasteiger partial charge in [-0.2, -0.15) is 0 Å². The number of benzene rings is 2. The number of amides is 2. The summed E-state index contributed by atoms with van der Waals surface area (Å²) in [7, 11) is 0. The van der Waals surface area contributed by atoms with Crippen LogP contribution in [0.15, 0.2) is 72.2 Å². The van der Waals surface area contributed by atoms with Crippen LogP contribution in [0, 0.1) is 0 Å². The molecule has 1 aliphatic heterocycles. The predicted molar refractivity (Wildman–Crippen MR) is 129 cm³/mol. The molecule has 0 bridgehead atoms. The van der Waals surface area contributed by atoms with Gasteiger partial charge in [0.25, 0.3) is 0 Å². The van der Waals surface area contributed by atoms with Crippen molar-refractivity contribution in [3.05, 3.63) is 82.7 Å². The molecular formula is C25H24N4O2S. The summed E-state index contributed by atoms with van der Waals surface area (Å²) in [5.74, 6) is -0.186. The minimum absolute atomic E-state index is 0.0265. The number of hydrogen-bond donors (Lipinski definition) is 3. The topological polar surface area (TPSA) is 77.2 Å². The number of anilines is 2. The maximum absolute atomic E-state index is 13.3. The first-order chi connectivity index (χ1) is 15.6. The first kappa shape index (κ1) is 20.5. The molecule has 5 rings (SSSR count). The third-order valence-corrected chi connectivity index (χ3v) is 6.90. The van der Waals surface area contributed by atoms with E-state index in [1.807, 2.05) is 43.3 Å². The lowest BCUT2D eigenvalue weighted by Gasteiger charge is -2.31. The zero-order chi connectivity index (χ0) is 22.1. The zero-order valence-corrected chi connectivity index (χ0v) is 18.5. The molecule has 0 fully saturated rings. The van der Waals surface area contributed by atoms with Crippen LogP contribution in [0.4, 0.5) is 11.4 Å². The number of carbonyl (C=O) groups excluding carboxylic acids is 2. The summed E-state index contributed by atoms with van der Waals surface area (Å²) in [5, 5.41) is 9.54. The SMILES string of the molecule is CC(NCC(c1cccs1)c1c[nH]c2ccccc12)C(=O)N1CC(=O)Nc2ccccc21. The summed E-state index contributed by atoms with van der Waals surface area (Å²) in [4.78, 5) is 31.6. The highest BCUT2D eigenvalue weighted by atomic mass is 32.1. The number of aromatic nitrogens is 1. The van der Waals surface area contributed by atoms with Crippen LogP contribution in [0.25, 0.3) is 10.9 Å². The molecule has 2 aromatic heterocycles. The fourth-order valence-corrected chi connectivity index (χ4v) is 5.13. The predicted octanol–water partition coefficient (Wildman–Crippen LogP) is 4.32. The molecule has 0 saturated heterocycles. The monoisotopic (exact) mass is 444 g/mol. The maximum atomic E-state index is 13.3. The van der Waals surface area contributed by atoms with E-state index in [0.717, 1.165) is 11.2 Å². The number of fused-ring (bicyclic) bond motifs is 2. The van der Waals surface area contributed by atoms with Crippen LogP contribution in [0.1, 0.15) is 23.3 Å². The Hall–Kier alpha value is -3.42. The molecule has 4 aromatic rings. The molecule has 3 N–H and O–H groups in total. The van der Waals surface area contributed by atoms with Gasteiger partial charge in [-0.25, -0.2) is 0 Å². The summed E-state index contributed by atoms with van der Waals surface area (Å²) in [6.07, 6.45) is 2.06. The zero-order valence-electron chi connectivity index (χ0n) is 17.7. The highest BCUT2D eigenvalue weighted by Gasteiger charge is 2.30. The van der Waals surface area contributed by atoms with E-state index >= 15 is 0 Å². The molecule has 2 atom stereocenters. The second-order valence-corrected chi connectivity index (χ2v) is 8.96. The number of carbonyl (C=O) groups is 2. The number of nitrogens with one attached hydrogen (secondary N) is 3. The number of aromatic amines is 1. The molecule has 7 heteroatoms. The van der Waals surface area contributed by atoms with Crippen molar-refractivity contribution in [2.75, 3.05) is 23.3 Å². The fraction of sp³-hybridized carbons (Fsp3) is 0.200. The Morgan fingerprint density at radius 2 is 1.94 bits per heavy atom. The van der Waals surface area contributed by atoms with Crippen molar-refractivity contribution in [1.82, 2.24) is 10.3 Å². The standard InChI is InChI=1S/C25H24N4O2S/c1-16(25(31)29-15-24(30)28-21-9-4-5-10-22(21)29)26-14-19(23-11-6-12-32-23)18-13-27-20-8-3-2-7-17(18)20/h2-13,16,19,26-27H,14-15H2,1H3,(H,28,30). The molecule has 0 aliphatic carbocycles. The molecule has 3 heterocycles. The summed E-state index contributed by atoms with van der Waals surface area (Å²) >= 11 is 1.71. The second kappa shape index (κ2) is 8.61. The molecule has 2 aromatic carbocycles. The Kier molecular flexibility index (Phi) is 5.51. The van der Waals surface area contributed by atoms with Crippen LogP contribution < -0.4 is 15.5 Å². The molecule has 0 spiro atoms. The van der Waals surface area contributed by atoms with Crippen molar-refractivity contribution in [3.63, 3.8) is 0 Å². The van der Waals surface area contributed by atoms with Crippen molar-refractivity contribution in [2.24, 2.45) is 0 Å². The highest BCUT2D eigenvalue weighted by Crippen LogP contribution is 2.33. The Bertz CT molecular complexity index is 1260. The van der Waals surface area contributed by atoms with Gasteiger partial charge in [-0.1, -0.05) is 36.4 Å². The minimum Gasteiger partial charge on any atom is -0.361 e. The van der Waals surface area contributed by atoms with Gasteiger partial charge in [0, 0.05) is 34.4 Å². The lowest BCUT2D eigenvalue weighted by Crippen LogP contribution is -2.50. The van der Waals surface area contributed by atoms with E-state index in [-0.39, 0.29) is 24.3 Å². The number of para-hydroxylation sites is 3. The summed E-state index contributed by atoms with van der Waals surface area (Å²) in [6, 6.07) is 19.4. The summed E-state index contributed by atoms with van der Waals surface area (Å²) in [6.45, 7) is 2.49. The maximum Gasteiger partial charge on any atom is 0.244 e. The normalized spacial score (nSPS) is 15.3. The lowest BCUT2D eigenvalue weighted by atomic mass is 9.96. The van der Waals surface area contributed by atoms with E-state index in [9.17, 15) is 9.59 Å².